The maximum absolute atomic E-state index is 12.4. The Balaban J connectivity index is 1.54. The van der Waals surface area contributed by atoms with Crippen molar-refractivity contribution in [2.45, 2.75) is 30.9 Å². The summed E-state index contributed by atoms with van der Waals surface area (Å²) in [5.41, 5.74) is 3.09. The third-order valence-corrected chi connectivity index (χ3v) is 5.96. The molecule has 1 heterocycles. The number of thioether (sulfide) groups is 1. The van der Waals surface area contributed by atoms with E-state index in [-0.39, 0.29) is 5.91 Å². The molecule has 28 heavy (non-hydrogen) atoms. The third kappa shape index (κ3) is 5.81. The van der Waals surface area contributed by atoms with E-state index in [9.17, 15) is 4.79 Å². The number of rotatable bonds is 8. The lowest BCUT2D eigenvalue weighted by atomic mass is 10.1. The molecule has 5 nitrogen and oxygen atoms in total. The molecule has 3 rings (SSSR count). The van der Waals surface area contributed by atoms with E-state index in [1.807, 2.05) is 12.1 Å². The Labute approximate surface area is 173 Å². The first-order valence-electron chi connectivity index (χ1n) is 9.06. The second kappa shape index (κ2) is 9.71. The summed E-state index contributed by atoms with van der Waals surface area (Å²) in [4.78, 5) is 12.4. The van der Waals surface area contributed by atoms with Gasteiger partial charge in [-0.3, -0.25) is 10.1 Å². The lowest BCUT2D eigenvalue weighted by molar-refractivity contribution is 0.102. The van der Waals surface area contributed by atoms with Gasteiger partial charge in [0.25, 0.3) is 5.91 Å². The number of hydrogen-bond acceptors (Lipinski definition) is 6. The predicted molar refractivity (Wildman–Crippen MR) is 115 cm³/mol. The largest absolute Gasteiger partial charge is 0.493 e. The molecule has 0 saturated heterocycles. The third-order valence-electron chi connectivity index (χ3n) is 3.94. The Morgan fingerprint density at radius 3 is 2.61 bits per heavy atom. The normalized spacial score (nSPS) is 10.9. The predicted octanol–water partition coefficient (Wildman–Crippen LogP) is 5.43. The molecular formula is C21H23N3O2S2. The molecule has 0 bridgehead atoms. The van der Waals surface area contributed by atoms with Crippen molar-refractivity contribution < 1.29 is 9.53 Å². The average Bonchev–Trinajstić information content (AvgIpc) is 3.13. The first-order chi connectivity index (χ1) is 13.5. The number of nitrogens with zero attached hydrogens (tertiary/aromatic N) is 2. The Morgan fingerprint density at radius 2 is 1.89 bits per heavy atom. The van der Waals surface area contributed by atoms with Crippen LogP contribution in [0.15, 0.2) is 52.9 Å². The number of carbonyl (C=O) groups excluding carboxylic acids is 1. The van der Waals surface area contributed by atoms with Gasteiger partial charge in [-0.1, -0.05) is 61.2 Å². The van der Waals surface area contributed by atoms with Crippen LogP contribution >= 0.6 is 23.1 Å². The van der Waals surface area contributed by atoms with E-state index in [0.29, 0.717) is 23.2 Å². The maximum atomic E-state index is 12.4. The van der Waals surface area contributed by atoms with Crippen molar-refractivity contribution in [2.75, 3.05) is 11.9 Å². The molecule has 0 saturated carbocycles. The van der Waals surface area contributed by atoms with Gasteiger partial charge in [-0.25, -0.2) is 0 Å². The first kappa shape index (κ1) is 20.4. The highest BCUT2D eigenvalue weighted by atomic mass is 32.2. The number of carbonyl (C=O) groups is 1. The van der Waals surface area contributed by atoms with Crippen molar-refractivity contribution in [1.82, 2.24) is 10.2 Å². The first-order valence-corrected chi connectivity index (χ1v) is 10.9. The summed E-state index contributed by atoms with van der Waals surface area (Å²) < 4.78 is 6.47. The molecule has 0 aliphatic carbocycles. The van der Waals surface area contributed by atoms with Crippen LogP contribution in [0.3, 0.4) is 0 Å². The molecule has 0 fully saturated rings. The molecular weight excluding hydrogens is 390 g/mol. The lowest BCUT2D eigenvalue weighted by Crippen LogP contribution is -2.11. The molecule has 1 N–H and O–H groups in total. The summed E-state index contributed by atoms with van der Waals surface area (Å²) >= 11 is 3.00. The smallest absolute Gasteiger partial charge is 0.257 e. The highest BCUT2D eigenvalue weighted by Gasteiger charge is 2.11. The van der Waals surface area contributed by atoms with Gasteiger partial charge < -0.3 is 4.74 Å². The molecule has 0 spiro atoms. The van der Waals surface area contributed by atoms with E-state index < -0.39 is 0 Å². The van der Waals surface area contributed by atoms with Crippen molar-refractivity contribution in [1.29, 1.82) is 0 Å². The van der Waals surface area contributed by atoms with E-state index in [1.54, 1.807) is 36.0 Å². The van der Waals surface area contributed by atoms with Crippen molar-refractivity contribution in [3.05, 3.63) is 65.2 Å². The van der Waals surface area contributed by atoms with Crippen LogP contribution in [0.5, 0.6) is 5.75 Å². The Kier molecular flexibility index (Phi) is 7.06. The molecule has 0 unspecified atom stereocenters. The van der Waals surface area contributed by atoms with Crippen LogP contribution in [0.2, 0.25) is 0 Å². The zero-order valence-corrected chi connectivity index (χ0v) is 17.8. The van der Waals surface area contributed by atoms with Crippen molar-refractivity contribution in [3.63, 3.8) is 0 Å². The fourth-order valence-electron chi connectivity index (χ4n) is 2.36. The molecule has 0 atom stereocenters. The molecule has 2 aromatic carbocycles. The molecule has 0 radical (unpaired) electrons. The molecule has 1 aromatic heterocycles. The van der Waals surface area contributed by atoms with E-state index in [1.165, 1.54) is 22.5 Å². The molecule has 3 aromatic rings. The van der Waals surface area contributed by atoms with Crippen LogP contribution < -0.4 is 10.1 Å². The zero-order valence-electron chi connectivity index (χ0n) is 16.1. The number of amides is 1. The molecule has 0 aliphatic heterocycles. The average molecular weight is 414 g/mol. The van der Waals surface area contributed by atoms with Crippen molar-refractivity contribution in [3.8, 4) is 5.75 Å². The number of hydrogen-bond donors (Lipinski definition) is 1. The van der Waals surface area contributed by atoms with Crippen molar-refractivity contribution >= 4 is 34.1 Å². The summed E-state index contributed by atoms with van der Waals surface area (Å²) in [5.74, 6) is 1.84. The van der Waals surface area contributed by atoms with Gasteiger partial charge in [0.2, 0.25) is 5.13 Å². The van der Waals surface area contributed by atoms with Gasteiger partial charge in [0.1, 0.15) is 5.75 Å². The number of anilines is 1. The Morgan fingerprint density at radius 1 is 1.14 bits per heavy atom. The molecule has 7 heteroatoms. The van der Waals surface area contributed by atoms with E-state index >= 15 is 0 Å². The minimum atomic E-state index is -0.206. The van der Waals surface area contributed by atoms with Crippen LogP contribution in [0, 0.1) is 12.8 Å². The standard InChI is InChI=1S/C21H23N3O2S2/c1-14(2)12-26-18-10-8-16(9-11-18)19(25)22-20-23-24-21(28-20)27-13-17-7-5-4-6-15(17)3/h4-11,14H,12-13H2,1-3H3,(H,22,23,25). The minimum Gasteiger partial charge on any atom is -0.493 e. The number of nitrogens with one attached hydrogen (secondary N) is 1. The van der Waals surface area contributed by atoms with Crippen LogP contribution in [0.25, 0.3) is 0 Å². The quantitative estimate of drug-likeness (QED) is 0.394. The van der Waals surface area contributed by atoms with Gasteiger partial charge in [0.15, 0.2) is 4.34 Å². The van der Waals surface area contributed by atoms with Gasteiger partial charge in [0.05, 0.1) is 6.61 Å². The van der Waals surface area contributed by atoms with E-state index in [0.717, 1.165) is 15.8 Å². The maximum Gasteiger partial charge on any atom is 0.257 e. The summed E-state index contributed by atoms with van der Waals surface area (Å²) in [5, 5.41) is 11.5. The zero-order chi connectivity index (χ0) is 19.9. The second-order valence-corrected chi connectivity index (χ2v) is 8.97. The summed E-state index contributed by atoms with van der Waals surface area (Å²) in [6, 6.07) is 15.4. The van der Waals surface area contributed by atoms with Crippen LogP contribution in [-0.4, -0.2) is 22.7 Å². The monoisotopic (exact) mass is 413 g/mol. The van der Waals surface area contributed by atoms with Crippen molar-refractivity contribution in [2.24, 2.45) is 5.92 Å². The number of benzene rings is 2. The van der Waals surface area contributed by atoms with Gasteiger partial charge >= 0.3 is 0 Å². The number of aromatic nitrogens is 2. The molecule has 0 aliphatic rings. The topological polar surface area (TPSA) is 64.1 Å². The summed E-state index contributed by atoms with van der Waals surface area (Å²) in [6.07, 6.45) is 0. The van der Waals surface area contributed by atoms with Crippen LogP contribution in [-0.2, 0) is 5.75 Å². The van der Waals surface area contributed by atoms with Gasteiger partial charge in [-0.15, -0.1) is 10.2 Å². The molecule has 146 valence electrons. The highest BCUT2D eigenvalue weighted by Crippen LogP contribution is 2.29. The molecule has 1 amide bonds. The number of ether oxygens (including phenoxy) is 1. The number of aryl methyl sites for hydroxylation is 1. The van der Waals surface area contributed by atoms with Crippen LogP contribution in [0.1, 0.15) is 35.3 Å². The fraction of sp³-hybridized carbons (Fsp3) is 0.286. The highest BCUT2D eigenvalue weighted by molar-refractivity contribution is 8.00. The van der Waals surface area contributed by atoms with Gasteiger partial charge in [0, 0.05) is 11.3 Å². The second-order valence-electron chi connectivity index (χ2n) is 6.77. The van der Waals surface area contributed by atoms with E-state index in [4.69, 9.17) is 4.74 Å². The summed E-state index contributed by atoms with van der Waals surface area (Å²) in [6.45, 7) is 6.94. The SMILES string of the molecule is Cc1ccccc1CSc1nnc(NC(=O)c2ccc(OCC(C)C)cc2)s1. The Bertz CT molecular complexity index is 923. The summed E-state index contributed by atoms with van der Waals surface area (Å²) in [7, 11) is 0. The lowest BCUT2D eigenvalue weighted by Gasteiger charge is -2.09. The van der Waals surface area contributed by atoms with E-state index in [2.05, 4.69) is 48.4 Å². The van der Waals surface area contributed by atoms with Gasteiger partial charge in [-0.2, -0.15) is 0 Å². The fourth-order valence-corrected chi connectivity index (χ4v) is 4.19. The minimum absolute atomic E-state index is 0.206. The Hall–Kier alpha value is -2.38. The van der Waals surface area contributed by atoms with Crippen LogP contribution in [0.4, 0.5) is 5.13 Å². The van der Waals surface area contributed by atoms with Gasteiger partial charge in [-0.05, 0) is 48.2 Å².